The lowest BCUT2D eigenvalue weighted by atomic mass is 9.98. The van der Waals surface area contributed by atoms with Crippen LogP contribution in [0.25, 0.3) is 11.1 Å². The second-order valence-electron chi connectivity index (χ2n) is 15.7. The van der Waals surface area contributed by atoms with Crippen molar-refractivity contribution in [3.63, 3.8) is 0 Å². The summed E-state index contributed by atoms with van der Waals surface area (Å²) < 4.78 is 0. The van der Waals surface area contributed by atoms with E-state index in [0.29, 0.717) is 0 Å². The van der Waals surface area contributed by atoms with Gasteiger partial charge in [0, 0.05) is 34.1 Å². The van der Waals surface area contributed by atoms with Crippen LogP contribution in [0.15, 0.2) is 194 Å². The molecule has 0 aliphatic carbocycles. The lowest BCUT2D eigenvalue weighted by molar-refractivity contribution is 0.959. The van der Waals surface area contributed by atoms with E-state index in [1.165, 1.54) is 89.8 Å². The lowest BCUT2D eigenvalue weighted by Crippen LogP contribution is -2.10. The van der Waals surface area contributed by atoms with Crippen LogP contribution in [0.5, 0.6) is 0 Å². The maximum Gasteiger partial charge on any atom is 0.0461 e. The van der Waals surface area contributed by atoms with E-state index in [-0.39, 0.29) is 0 Å². The summed E-state index contributed by atoms with van der Waals surface area (Å²) in [6.45, 7) is 8.54. The molecule has 8 aromatic rings. The molecule has 2 nitrogen and oxygen atoms in total. The van der Waals surface area contributed by atoms with Gasteiger partial charge < -0.3 is 9.80 Å². The zero-order valence-electron chi connectivity index (χ0n) is 34.2. The van der Waals surface area contributed by atoms with Crippen LogP contribution in [0, 0.1) is 27.7 Å². The number of rotatable bonds is 13. The summed E-state index contributed by atoms with van der Waals surface area (Å²) in [7, 11) is 0. The van der Waals surface area contributed by atoms with Gasteiger partial charge in [0.05, 0.1) is 0 Å². The molecular weight excluding hydrogens is 701 g/mol. The number of aryl methyl sites for hydroxylation is 8. The van der Waals surface area contributed by atoms with Crippen molar-refractivity contribution in [2.24, 2.45) is 0 Å². The van der Waals surface area contributed by atoms with E-state index < -0.39 is 0 Å². The zero-order valence-corrected chi connectivity index (χ0v) is 34.2. The highest BCUT2D eigenvalue weighted by Crippen LogP contribution is 2.36. The fourth-order valence-electron chi connectivity index (χ4n) is 7.60. The van der Waals surface area contributed by atoms with Gasteiger partial charge in [-0.15, -0.1) is 0 Å². The number of hydrogen-bond donors (Lipinski definition) is 0. The monoisotopic (exact) mass is 752 g/mol. The van der Waals surface area contributed by atoms with E-state index in [0.717, 1.165) is 25.7 Å². The van der Waals surface area contributed by atoms with Gasteiger partial charge in [-0.25, -0.2) is 0 Å². The second-order valence-corrected chi connectivity index (χ2v) is 15.7. The van der Waals surface area contributed by atoms with Crippen molar-refractivity contribution in [1.29, 1.82) is 0 Å². The molecule has 0 radical (unpaired) electrons. The van der Waals surface area contributed by atoms with E-state index in [1.807, 2.05) is 0 Å². The minimum atomic E-state index is 1.00. The molecule has 0 aliphatic heterocycles. The molecule has 0 bridgehead atoms. The van der Waals surface area contributed by atoms with E-state index >= 15 is 0 Å². The Bertz CT molecular complexity index is 2240. The molecule has 0 saturated carbocycles. The van der Waals surface area contributed by atoms with E-state index in [1.54, 1.807) is 0 Å². The first kappa shape index (κ1) is 38.2. The quantitative estimate of drug-likeness (QED) is 0.116. The molecule has 286 valence electrons. The van der Waals surface area contributed by atoms with Crippen LogP contribution < -0.4 is 9.80 Å². The molecule has 58 heavy (non-hydrogen) atoms. The second kappa shape index (κ2) is 17.7. The minimum absolute atomic E-state index is 1.00. The van der Waals surface area contributed by atoms with Crippen LogP contribution in [-0.4, -0.2) is 0 Å². The molecule has 0 aromatic heterocycles. The van der Waals surface area contributed by atoms with Crippen LogP contribution in [0.3, 0.4) is 0 Å². The van der Waals surface area contributed by atoms with Gasteiger partial charge in [0.2, 0.25) is 0 Å². The Morgan fingerprint density at radius 3 is 0.603 bits per heavy atom. The molecule has 0 heterocycles. The lowest BCUT2D eigenvalue weighted by Gasteiger charge is -2.26. The third kappa shape index (κ3) is 9.31. The Morgan fingerprint density at radius 1 is 0.224 bits per heavy atom. The summed E-state index contributed by atoms with van der Waals surface area (Å²) in [6.07, 6.45) is 4.03. The first-order chi connectivity index (χ1) is 28.3. The smallest absolute Gasteiger partial charge is 0.0461 e. The summed E-state index contributed by atoms with van der Waals surface area (Å²) in [5.41, 5.74) is 20.0. The van der Waals surface area contributed by atoms with Gasteiger partial charge in [-0.3, -0.25) is 0 Å². The topological polar surface area (TPSA) is 6.48 Å². The van der Waals surface area contributed by atoms with Gasteiger partial charge in [0.25, 0.3) is 0 Å². The first-order valence-corrected chi connectivity index (χ1v) is 20.6. The number of benzene rings is 8. The SMILES string of the molecule is Cc1ccc(N(c2ccc(C)cc2)c2ccc(CCc3ccc(-c4ccc(CCc5ccc(N(c6ccc(C)cc6)c6ccc(C)cc6)cc5)cc4)cc3)cc2)cc1. The van der Waals surface area contributed by atoms with Crippen molar-refractivity contribution in [3.8, 4) is 11.1 Å². The van der Waals surface area contributed by atoms with Crippen LogP contribution >= 0.6 is 0 Å². The Labute approximate surface area is 345 Å². The Morgan fingerprint density at radius 2 is 0.397 bits per heavy atom. The Hall–Kier alpha value is -6.64. The predicted octanol–water partition coefficient (Wildman–Crippen LogP) is 15.1. The molecule has 0 N–H and O–H groups in total. The Balaban J connectivity index is 0.863. The fraction of sp³-hybridized carbons (Fsp3) is 0.143. The van der Waals surface area contributed by atoms with Gasteiger partial charge >= 0.3 is 0 Å². The van der Waals surface area contributed by atoms with Crippen LogP contribution in [-0.2, 0) is 25.7 Å². The minimum Gasteiger partial charge on any atom is -0.311 e. The van der Waals surface area contributed by atoms with Gasteiger partial charge in [0.1, 0.15) is 0 Å². The largest absolute Gasteiger partial charge is 0.311 e. The highest BCUT2D eigenvalue weighted by atomic mass is 15.1. The van der Waals surface area contributed by atoms with Crippen LogP contribution in [0.1, 0.15) is 44.5 Å². The fourth-order valence-corrected chi connectivity index (χ4v) is 7.60. The van der Waals surface area contributed by atoms with Crippen LogP contribution in [0.4, 0.5) is 34.1 Å². The molecule has 0 atom stereocenters. The van der Waals surface area contributed by atoms with Gasteiger partial charge in [-0.1, -0.05) is 144 Å². The van der Waals surface area contributed by atoms with E-state index in [2.05, 4.69) is 232 Å². The van der Waals surface area contributed by atoms with E-state index in [9.17, 15) is 0 Å². The van der Waals surface area contributed by atoms with Gasteiger partial charge in [0.15, 0.2) is 0 Å². The molecule has 0 amide bonds. The molecule has 8 rings (SSSR count). The molecule has 0 unspecified atom stereocenters. The summed E-state index contributed by atoms with van der Waals surface area (Å²) >= 11 is 0. The maximum absolute atomic E-state index is 2.33. The third-order valence-electron chi connectivity index (χ3n) is 11.2. The molecule has 0 spiro atoms. The Kier molecular flexibility index (Phi) is 11.6. The highest BCUT2D eigenvalue weighted by Gasteiger charge is 2.14. The molecule has 8 aromatic carbocycles. The first-order valence-electron chi connectivity index (χ1n) is 20.6. The standard InChI is InChI=1S/C56H52N2/c1-41-5-29-51(30-6-41)57(52-31-7-42(2)8-32-52)55-37-21-47(22-38-55)15-13-45-17-25-49(26-18-45)50-27-19-46(20-28-50)14-16-48-23-39-56(40-24-48)58(53-33-9-43(3)10-34-53)54-35-11-44(4)12-36-54/h5-12,17-40H,13-16H2,1-4H3. The summed E-state index contributed by atoms with van der Waals surface area (Å²) in [5.74, 6) is 0. The molecular formula is C56H52N2. The van der Waals surface area contributed by atoms with Crippen molar-refractivity contribution < 1.29 is 0 Å². The van der Waals surface area contributed by atoms with Crippen molar-refractivity contribution >= 4 is 34.1 Å². The van der Waals surface area contributed by atoms with E-state index in [4.69, 9.17) is 0 Å². The number of anilines is 6. The van der Waals surface area contributed by atoms with Gasteiger partial charge in [-0.05, 0) is 160 Å². The molecule has 2 heteroatoms. The average molecular weight is 753 g/mol. The third-order valence-corrected chi connectivity index (χ3v) is 11.2. The molecule has 0 aliphatic rings. The van der Waals surface area contributed by atoms with Crippen molar-refractivity contribution in [3.05, 3.63) is 239 Å². The normalized spacial score (nSPS) is 11.0. The number of hydrogen-bond acceptors (Lipinski definition) is 2. The van der Waals surface area contributed by atoms with Crippen molar-refractivity contribution in [2.75, 3.05) is 9.80 Å². The number of nitrogens with zero attached hydrogens (tertiary/aromatic N) is 2. The van der Waals surface area contributed by atoms with Crippen molar-refractivity contribution in [2.45, 2.75) is 53.4 Å². The highest BCUT2D eigenvalue weighted by molar-refractivity contribution is 5.78. The maximum atomic E-state index is 2.33. The average Bonchev–Trinajstić information content (AvgIpc) is 3.26. The van der Waals surface area contributed by atoms with Crippen molar-refractivity contribution in [1.82, 2.24) is 0 Å². The predicted molar refractivity (Wildman–Crippen MR) is 248 cm³/mol. The van der Waals surface area contributed by atoms with Crippen LogP contribution in [0.2, 0.25) is 0 Å². The molecule has 0 saturated heterocycles. The summed E-state index contributed by atoms with van der Waals surface area (Å²) in [6, 6.07) is 71.5. The molecule has 0 fully saturated rings. The summed E-state index contributed by atoms with van der Waals surface area (Å²) in [5, 5.41) is 0. The zero-order chi connectivity index (χ0) is 39.8. The summed E-state index contributed by atoms with van der Waals surface area (Å²) in [4.78, 5) is 4.67. The van der Waals surface area contributed by atoms with Gasteiger partial charge in [-0.2, -0.15) is 0 Å².